The molecule has 1 aromatic rings. The second-order valence-corrected chi connectivity index (χ2v) is 7.30. The van der Waals surface area contributed by atoms with Gasteiger partial charge in [0.05, 0.1) is 13.1 Å². The van der Waals surface area contributed by atoms with Crippen LogP contribution in [-0.2, 0) is 0 Å². The van der Waals surface area contributed by atoms with Crippen LogP contribution in [0.15, 0.2) is 29.3 Å². The molecule has 1 aliphatic heterocycles. The Balaban J connectivity index is 1.79. The lowest BCUT2D eigenvalue weighted by Crippen LogP contribution is -2.41. The molecule has 0 radical (unpaired) electrons. The molecule has 5 nitrogen and oxygen atoms in total. The summed E-state index contributed by atoms with van der Waals surface area (Å²) in [4.78, 5) is 6.02. The minimum Gasteiger partial charge on any atom is -0.489 e. The molecular weight excluding hydrogens is 369 g/mol. The normalized spacial score (nSPS) is 19.5. The van der Waals surface area contributed by atoms with Crippen molar-refractivity contribution in [1.29, 1.82) is 0 Å². The summed E-state index contributed by atoms with van der Waals surface area (Å²) in [6, 6.07) is 7.84. The number of alkyl halides is 3. The number of guanidine groups is 1. The van der Waals surface area contributed by atoms with Gasteiger partial charge in [0.2, 0.25) is 0 Å². The number of hydrogen-bond donors (Lipinski definition) is 2. The molecule has 2 atom stereocenters. The second-order valence-electron chi connectivity index (χ2n) is 7.30. The molecule has 0 amide bonds. The number of likely N-dealkylation sites (tertiary alicyclic amines) is 1. The van der Waals surface area contributed by atoms with Gasteiger partial charge in [-0.2, -0.15) is 13.2 Å². The van der Waals surface area contributed by atoms with Crippen LogP contribution in [-0.4, -0.2) is 62.4 Å². The van der Waals surface area contributed by atoms with Crippen LogP contribution in [0.1, 0.15) is 25.8 Å². The van der Waals surface area contributed by atoms with Gasteiger partial charge in [-0.15, -0.1) is 0 Å². The maximum Gasteiger partial charge on any atom is 0.401 e. The van der Waals surface area contributed by atoms with Gasteiger partial charge in [0, 0.05) is 19.6 Å². The van der Waals surface area contributed by atoms with Gasteiger partial charge in [-0.25, -0.2) is 4.99 Å². The van der Waals surface area contributed by atoms with Crippen molar-refractivity contribution in [3.63, 3.8) is 0 Å². The number of halogens is 3. The van der Waals surface area contributed by atoms with Crippen LogP contribution in [0.4, 0.5) is 13.2 Å². The number of ether oxygens (including phenoxy) is 1. The molecule has 2 rings (SSSR count). The van der Waals surface area contributed by atoms with E-state index in [4.69, 9.17) is 4.74 Å². The number of nitrogens with zero attached hydrogens (tertiary/aromatic N) is 2. The highest BCUT2D eigenvalue weighted by Crippen LogP contribution is 2.22. The fraction of sp³-hybridized carbons (Fsp3) is 0.650. The predicted molar refractivity (Wildman–Crippen MR) is 106 cm³/mol. The van der Waals surface area contributed by atoms with Gasteiger partial charge in [0.25, 0.3) is 0 Å². The monoisotopic (exact) mass is 400 g/mol. The summed E-state index contributed by atoms with van der Waals surface area (Å²) in [5.41, 5.74) is 1.08. The van der Waals surface area contributed by atoms with Crippen molar-refractivity contribution in [3.05, 3.63) is 29.8 Å². The zero-order valence-electron chi connectivity index (χ0n) is 16.9. The highest BCUT2D eigenvalue weighted by atomic mass is 19.4. The Bertz CT molecular complexity index is 636. The van der Waals surface area contributed by atoms with Crippen molar-refractivity contribution < 1.29 is 17.9 Å². The molecule has 1 saturated heterocycles. The van der Waals surface area contributed by atoms with E-state index in [-0.39, 0.29) is 12.0 Å². The van der Waals surface area contributed by atoms with Gasteiger partial charge >= 0.3 is 6.18 Å². The number of rotatable bonds is 8. The summed E-state index contributed by atoms with van der Waals surface area (Å²) < 4.78 is 43.5. The van der Waals surface area contributed by atoms with Gasteiger partial charge in [-0.3, -0.25) is 4.90 Å². The fourth-order valence-electron chi connectivity index (χ4n) is 3.22. The molecule has 28 heavy (non-hydrogen) atoms. The van der Waals surface area contributed by atoms with Crippen LogP contribution in [0.2, 0.25) is 0 Å². The number of nitrogens with one attached hydrogen (secondary N) is 2. The van der Waals surface area contributed by atoms with E-state index in [9.17, 15) is 13.2 Å². The molecule has 1 fully saturated rings. The molecule has 1 aromatic carbocycles. The zero-order valence-corrected chi connectivity index (χ0v) is 16.9. The molecule has 0 bridgehead atoms. The average molecular weight is 400 g/mol. The van der Waals surface area contributed by atoms with E-state index in [0.717, 1.165) is 17.7 Å². The van der Waals surface area contributed by atoms with E-state index in [1.54, 1.807) is 0 Å². The summed E-state index contributed by atoms with van der Waals surface area (Å²) in [6.07, 6.45) is -3.47. The van der Waals surface area contributed by atoms with Crippen LogP contribution in [0.3, 0.4) is 0 Å². The van der Waals surface area contributed by atoms with Gasteiger partial charge < -0.3 is 15.4 Å². The number of benzene rings is 1. The van der Waals surface area contributed by atoms with Gasteiger partial charge in [-0.1, -0.05) is 18.2 Å². The Labute approximate surface area is 165 Å². The van der Waals surface area contributed by atoms with Crippen molar-refractivity contribution >= 4 is 5.96 Å². The average Bonchev–Trinajstić information content (AvgIpc) is 3.05. The van der Waals surface area contributed by atoms with Crippen molar-refractivity contribution in [2.24, 2.45) is 10.9 Å². The maximum atomic E-state index is 12.5. The summed E-state index contributed by atoms with van der Waals surface area (Å²) >= 11 is 0. The Kier molecular flexibility index (Phi) is 8.41. The van der Waals surface area contributed by atoms with Crippen molar-refractivity contribution in [2.45, 2.75) is 39.5 Å². The Morgan fingerprint density at radius 1 is 1.32 bits per heavy atom. The van der Waals surface area contributed by atoms with Crippen LogP contribution in [0, 0.1) is 12.8 Å². The summed E-state index contributed by atoms with van der Waals surface area (Å²) in [6.45, 7) is 7.85. The third-order valence-electron chi connectivity index (χ3n) is 4.60. The van der Waals surface area contributed by atoms with E-state index in [1.165, 1.54) is 4.90 Å². The largest absolute Gasteiger partial charge is 0.489 e. The highest BCUT2D eigenvalue weighted by Gasteiger charge is 2.34. The molecule has 1 heterocycles. The molecule has 0 spiro atoms. The van der Waals surface area contributed by atoms with E-state index < -0.39 is 12.7 Å². The SMILES string of the molecule is CCNC(=NCC(C)Oc1ccccc1C)NCC1CCN(CC(F)(F)F)C1. The lowest BCUT2D eigenvalue weighted by Gasteiger charge is -2.19. The first-order valence-electron chi connectivity index (χ1n) is 9.80. The molecule has 8 heteroatoms. The summed E-state index contributed by atoms with van der Waals surface area (Å²) in [5.74, 6) is 1.70. The number of aliphatic imine (C=N–C) groups is 1. The lowest BCUT2D eigenvalue weighted by atomic mass is 10.1. The predicted octanol–water partition coefficient (Wildman–Crippen LogP) is 3.20. The van der Waals surface area contributed by atoms with Gasteiger partial charge in [0.15, 0.2) is 5.96 Å². The minimum atomic E-state index is -4.13. The first kappa shape index (κ1) is 22.3. The summed E-state index contributed by atoms with van der Waals surface area (Å²) in [5, 5.41) is 6.43. The standard InChI is InChI=1S/C20H31F3N4O/c1-4-24-19(25-11-16(3)28-18-8-6-5-7-15(18)2)26-12-17-9-10-27(13-17)14-20(21,22)23/h5-8,16-17H,4,9-14H2,1-3H3,(H2,24,25,26). The summed E-state index contributed by atoms with van der Waals surface area (Å²) in [7, 11) is 0. The van der Waals surface area contributed by atoms with Crippen molar-refractivity contribution in [3.8, 4) is 5.75 Å². The highest BCUT2D eigenvalue weighted by molar-refractivity contribution is 5.79. The topological polar surface area (TPSA) is 48.9 Å². The van der Waals surface area contributed by atoms with E-state index in [0.29, 0.717) is 38.7 Å². The second kappa shape index (κ2) is 10.5. The Hall–Kier alpha value is -1.96. The molecule has 1 aliphatic rings. The molecule has 2 N–H and O–H groups in total. The van der Waals surface area contributed by atoms with Crippen LogP contribution in [0.5, 0.6) is 5.75 Å². The maximum absolute atomic E-state index is 12.5. The van der Waals surface area contributed by atoms with Crippen molar-refractivity contribution in [2.75, 3.05) is 39.3 Å². The molecule has 0 saturated carbocycles. The van der Waals surface area contributed by atoms with Crippen LogP contribution in [0.25, 0.3) is 0 Å². The third kappa shape index (κ3) is 7.96. The van der Waals surface area contributed by atoms with Crippen molar-refractivity contribution in [1.82, 2.24) is 15.5 Å². The minimum absolute atomic E-state index is 0.0923. The fourth-order valence-corrected chi connectivity index (χ4v) is 3.22. The van der Waals surface area contributed by atoms with Gasteiger partial charge in [0.1, 0.15) is 11.9 Å². The number of hydrogen-bond acceptors (Lipinski definition) is 3. The van der Waals surface area contributed by atoms with E-state index in [2.05, 4.69) is 15.6 Å². The number of aryl methyl sites for hydroxylation is 1. The molecule has 2 unspecified atom stereocenters. The quantitative estimate of drug-likeness (QED) is 0.520. The molecular formula is C20H31F3N4O. The Morgan fingerprint density at radius 3 is 2.75 bits per heavy atom. The van der Waals surface area contributed by atoms with E-state index in [1.807, 2.05) is 45.0 Å². The van der Waals surface area contributed by atoms with E-state index >= 15 is 0 Å². The third-order valence-corrected chi connectivity index (χ3v) is 4.60. The molecule has 158 valence electrons. The molecule has 0 aromatic heterocycles. The number of para-hydroxylation sites is 1. The first-order valence-corrected chi connectivity index (χ1v) is 9.80. The molecule has 0 aliphatic carbocycles. The lowest BCUT2D eigenvalue weighted by molar-refractivity contribution is -0.143. The van der Waals surface area contributed by atoms with Gasteiger partial charge in [-0.05, 0) is 51.3 Å². The van der Waals surface area contributed by atoms with Crippen LogP contribution >= 0.6 is 0 Å². The smallest absolute Gasteiger partial charge is 0.401 e. The first-order chi connectivity index (χ1) is 13.3. The zero-order chi connectivity index (χ0) is 20.6. The van der Waals surface area contributed by atoms with Crippen LogP contribution < -0.4 is 15.4 Å². The Morgan fingerprint density at radius 2 is 2.07 bits per heavy atom.